The number of amides is 1. The molecule has 1 aromatic heterocycles. The molecule has 0 saturated heterocycles. The van der Waals surface area contributed by atoms with Crippen LogP contribution in [0, 0.1) is 6.20 Å². The molecular weight excluding hydrogens is 184 g/mol. The number of carboxylic acid groups (broad SMARTS) is 1. The average molecular weight is 193 g/mol. The predicted molar refractivity (Wildman–Crippen MR) is 47.7 cm³/mol. The van der Waals surface area contributed by atoms with Crippen LogP contribution in [0.1, 0.15) is 16.8 Å². The summed E-state index contributed by atoms with van der Waals surface area (Å²) in [5.74, 6) is -1.31. The normalized spacial score (nSPS) is 9.43. The summed E-state index contributed by atoms with van der Waals surface area (Å²) in [7, 11) is 0. The topological polar surface area (TPSA) is 79.3 Å². The van der Waals surface area contributed by atoms with Crippen molar-refractivity contribution in [2.75, 3.05) is 6.54 Å². The SMILES string of the molecule is O=C(O)CCNC(=O)c1[c]nccc1. The average Bonchev–Trinajstić information content (AvgIpc) is 2.18. The van der Waals surface area contributed by atoms with Crippen LogP contribution in [0.3, 0.4) is 0 Å². The highest BCUT2D eigenvalue weighted by molar-refractivity contribution is 5.93. The Bertz CT molecular complexity index is 324. The maximum atomic E-state index is 11.3. The first-order valence-corrected chi connectivity index (χ1v) is 4.03. The fraction of sp³-hybridized carbons (Fsp3) is 0.222. The molecule has 0 aliphatic carbocycles. The third kappa shape index (κ3) is 3.22. The number of carboxylic acids is 1. The summed E-state index contributed by atoms with van der Waals surface area (Å²) < 4.78 is 0. The van der Waals surface area contributed by atoms with Crippen molar-refractivity contribution in [3.63, 3.8) is 0 Å². The van der Waals surface area contributed by atoms with Gasteiger partial charge in [0, 0.05) is 12.7 Å². The van der Waals surface area contributed by atoms with E-state index >= 15 is 0 Å². The molecule has 0 atom stereocenters. The van der Waals surface area contributed by atoms with Crippen molar-refractivity contribution >= 4 is 11.9 Å². The minimum atomic E-state index is -0.944. The van der Waals surface area contributed by atoms with Gasteiger partial charge < -0.3 is 10.4 Å². The van der Waals surface area contributed by atoms with Gasteiger partial charge in [-0.05, 0) is 12.1 Å². The predicted octanol–water partition coefficient (Wildman–Crippen LogP) is 0.0863. The van der Waals surface area contributed by atoms with E-state index in [9.17, 15) is 9.59 Å². The zero-order chi connectivity index (χ0) is 10.4. The Kier molecular flexibility index (Phi) is 3.60. The number of pyridine rings is 1. The molecule has 0 fully saturated rings. The van der Waals surface area contributed by atoms with Gasteiger partial charge in [-0.1, -0.05) is 0 Å². The van der Waals surface area contributed by atoms with E-state index in [0.29, 0.717) is 5.56 Å². The van der Waals surface area contributed by atoms with Crippen molar-refractivity contribution < 1.29 is 14.7 Å². The zero-order valence-corrected chi connectivity index (χ0v) is 7.36. The van der Waals surface area contributed by atoms with Crippen LogP contribution in [-0.4, -0.2) is 28.5 Å². The lowest BCUT2D eigenvalue weighted by atomic mass is 10.2. The van der Waals surface area contributed by atoms with Gasteiger partial charge in [0.25, 0.3) is 5.91 Å². The van der Waals surface area contributed by atoms with E-state index in [1.807, 2.05) is 0 Å². The molecule has 0 aromatic carbocycles. The van der Waals surface area contributed by atoms with Gasteiger partial charge in [0.15, 0.2) is 0 Å². The smallest absolute Gasteiger partial charge is 0.305 e. The van der Waals surface area contributed by atoms with Gasteiger partial charge in [0.2, 0.25) is 0 Å². The highest BCUT2D eigenvalue weighted by Crippen LogP contribution is 1.93. The molecule has 1 radical (unpaired) electrons. The lowest BCUT2D eigenvalue weighted by molar-refractivity contribution is -0.136. The van der Waals surface area contributed by atoms with E-state index in [1.165, 1.54) is 6.20 Å². The van der Waals surface area contributed by atoms with Gasteiger partial charge in [-0.3, -0.25) is 14.6 Å². The molecule has 0 spiro atoms. The minimum absolute atomic E-state index is 0.0913. The molecule has 5 heteroatoms. The van der Waals surface area contributed by atoms with Crippen LogP contribution in [0.2, 0.25) is 0 Å². The largest absolute Gasteiger partial charge is 0.481 e. The molecule has 0 saturated carbocycles. The highest BCUT2D eigenvalue weighted by atomic mass is 16.4. The monoisotopic (exact) mass is 193 g/mol. The van der Waals surface area contributed by atoms with Gasteiger partial charge in [0.05, 0.1) is 12.0 Å². The van der Waals surface area contributed by atoms with Gasteiger partial charge in [-0.25, -0.2) is 0 Å². The lowest BCUT2D eigenvalue weighted by Crippen LogP contribution is -2.26. The van der Waals surface area contributed by atoms with Gasteiger partial charge in [0.1, 0.15) is 6.20 Å². The summed E-state index contributed by atoms with van der Waals surface area (Å²) in [4.78, 5) is 25.0. The Labute approximate surface area is 80.8 Å². The van der Waals surface area contributed by atoms with E-state index in [0.717, 1.165) is 0 Å². The van der Waals surface area contributed by atoms with E-state index < -0.39 is 5.97 Å². The fourth-order valence-corrected chi connectivity index (χ4v) is 0.831. The molecule has 0 unspecified atom stereocenters. The van der Waals surface area contributed by atoms with E-state index in [2.05, 4.69) is 16.5 Å². The summed E-state index contributed by atoms with van der Waals surface area (Å²) in [6.07, 6.45) is 3.91. The number of carbonyl (C=O) groups excluding carboxylic acids is 1. The lowest BCUT2D eigenvalue weighted by Gasteiger charge is -2.01. The second-order valence-corrected chi connectivity index (χ2v) is 2.56. The molecule has 1 rings (SSSR count). The number of nitrogens with zero attached hydrogens (tertiary/aromatic N) is 1. The number of aromatic nitrogens is 1. The van der Waals surface area contributed by atoms with Gasteiger partial charge in [-0.15, -0.1) is 0 Å². The van der Waals surface area contributed by atoms with E-state index in [4.69, 9.17) is 5.11 Å². The van der Waals surface area contributed by atoms with Crippen LogP contribution in [-0.2, 0) is 4.79 Å². The first-order valence-electron chi connectivity index (χ1n) is 4.03. The van der Waals surface area contributed by atoms with Crippen LogP contribution in [0.4, 0.5) is 0 Å². The Hall–Kier alpha value is -1.91. The molecule has 0 aliphatic heterocycles. The molecule has 0 bridgehead atoms. The Balaban J connectivity index is 2.40. The van der Waals surface area contributed by atoms with E-state index in [1.54, 1.807) is 12.1 Å². The van der Waals surface area contributed by atoms with Crippen molar-refractivity contribution in [2.24, 2.45) is 0 Å². The highest BCUT2D eigenvalue weighted by Gasteiger charge is 2.05. The molecule has 0 aliphatic rings. The maximum Gasteiger partial charge on any atom is 0.305 e. The molecule has 14 heavy (non-hydrogen) atoms. The van der Waals surface area contributed by atoms with Crippen LogP contribution >= 0.6 is 0 Å². The van der Waals surface area contributed by atoms with Crippen LogP contribution in [0.25, 0.3) is 0 Å². The van der Waals surface area contributed by atoms with Crippen molar-refractivity contribution in [1.29, 1.82) is 0 Å². The number of nitrogens with one attached hydrogen (secondary N) is 1. The van der Waals surface area contributed by atoms with Crippen molar-refractivity contribution in [2.45, 2.75) is 6.42 Å². The summed E-state index contributed by atoms with van der Waals surface area (Å²) in [6.45, 7) is 0.108. The number of rotatable bonds is 4. The van der Waals surface area contributed by atoms with Gasteiger partial charge in [-0.2, -0.15) is 0 Å². The molecule has 1 aromatic rings. The number of hydrogen-bond donors (Lipinski definition) is 2. The van der Waals surface area contributed by atoms with Gasteiger partial charge >= 0.3 is 5.97 Å². The molecular formula is C9H9N2O3. The molecule has 5 nitrogen and oxygen atoms in total. The summed E-state index contributed by atoms with van der Waals surface area (Å²) in [5, 5.41) is 10.8. The van der Waals surface area contributed by atoms with Crippen molar-refractivity contribution in [1.82, 2.24) is 10.3 Å². The zero-order valence-electron chi connectivity index (χ0n) is 7.36. The summed E-state index contributed by atoms with van der Waals surface area (Å²) in [5.41, 5.74) is 0.304. The number of hydrogen-bond acceptors (Lipinski definition) is 3. The number of aliphatic carboxylic acids is 1. The molecule has 1 heterocycles. The summed E-state index contributed by atoms with van der Waals surface area (Å²) >= 11 is 0. The van der Waals surface area contributed by atoms with Crippen LogP contribution < -0.4 is 5.32 Å². The second-order valence-electron chi connectivity index (χ2n) is 2.56. The first kappa shape index (κ1) is 10.2. The third-order valence-electron chi connectivity index (χ3n) is 1.48. The van der Waals surface area contributed by atoms with Crippen LogP contribution in [0.5, 0.6) is 0 Å². The Morgan fingerprint density at radius 3 is 2.93 bits per heavy atom. The van der Waals surface area contributed by atoms with Crippen molar-refractivity contribution in [3.05, 3.63) is 30.1 Å². The quantitative estimate of drug-likeness (QED) is 0.710. The Morgan fingerprint density at radius 2 is 2.36 bits per heavy atom. The third-order valence-corrected chi connectivity index (χ3v) is 1.48. The van der Waals surface area contributed by atoms with E-state index in [-0.39, 0.29) is 18.9 Å². The van der Waals surface area contributed by atoms with Crippen molar-refractivity contribution in [3.8, 4) is 0 Å². The maximum absolute atomic E-state index is 11.3. The molecule has 1 amide bonds. The second kappa shape index (κ2) is 4.96. The van der Waals surface area contributed by atoms with Crippen LogP contribution in [0.15, 0.2) is 18.3 Å². The fourth-order valence-electron chi connectivity index (χ4n) is 0.831. The number of carbonyl (C=O) groups is 2. The molecule has 2 N–H and O–H groups in total. The standard InChI is InChI=1S/C9H9N2O3/c12-8(13)3-5-11-9(14)7-2-1-4-10-6-7/h1-2,4H,3,5H2,(H,11,14)(H,12,13). The Morgan fingerprint density at radius 1 is 1.57 bits per heavy atom. The first-order chi connectivity index (χ1) is 6.70. The minimum Gasteiger partial charge on any atom is -0.481 e. The molecule has 73 valence electrons. The summed E-state index contributed by atoms with van der Waals surface area (Å²) in [6, 6.07) is 3.17.